The van der Waals surface area contributed by atoms with Crippen LogP contribution in [0.4, 0.5) is 10.2 Å². The second kappa shape index (κ2) is 7.12. The van der Waals surface area contributed by atoms with Gasteiger partial charge in [-0.05, 0) is 44.0 Å². The highest BCUT2D eigenvalue weighted by Gasteiger charge is 2.23. The van der Waals surface area contributed by atoms with Crippen molar-refractivity contribution in [1.29, 1.82) is 0 Å². The van der Waals surface area contributed by atoms with Crippen molar-refractivity contribution in [3.8, 4) is 11.1 Å². The average molecular weight is 351 g/mol. The summed E-state index contributed by atoms with van der Waals surface area (Å²) in [6.45, 7) is 6.10. The largest absolute Gasteiger partial charge is 0.310 e. The summed E-state index contributed by atoms with van der Waals surface area (Å²) in [5.41, 5.74) is 2.32. The normalized spacial score (nSPS) is 11.4. The van der Waals surface area contributed by atoms with Crippen LogP contribution in [0.2, 0.25) is 0 Å². The predicted octanol–water partition coefficient (Wildman–Crippen LogP) is 4.63. The molecular weight excluding hydrogens is 329 g/mol. The lowest BCUT2D eigenvalue weighted by molar-refractivity contribution is -0.115. The zero-order chi connectivity index (χ0) is 18.7. The van der Waals surface area contributed by atoms with Crippen LogP contribution in [0.3, 0.4) is 0 Å². The van der Waals surface area contributed by atoms with Crippen molar-refractivity contribution in [2.45, 2.75) is 32.7 Å². The van der Waals surface area contributed by atoms with Gasteiger partial charge in [-0.2, -0.15) is 5.10 Å². The molecule has 1 aromatic heterocycles. The predicted molar refractivity (Wildman–Crippen MR) is 101 cm³/mol. The number of aromatic nitrogens is 2. The van der Waals surface area contributed by atoms with E-state index >= 15 is 0 Å². The Kier molecular flexibility index (Phi) is 4.89. The molecule has 0 fully saturated rings. The lowest BCUT2D eigenvalue weighted by atomic mass is 10.1. The molecule has 0 atom stereocenters. The molecule has 1 N–H and O–H groups in total. The number of benzene rings is 2. The van der Waals surface area contributed by atoms with Crippen LogP contribution in [0.5, 0.6) is 0 Å². The fourth-order valence-corrected chi connectivity index (χ4v) is 2.77. The van der Waals surface area contributed by atoms with Crippen LogP contribution in [-0.4, -0.2) is 15.7 Å². The molecule has 0 saturated heterocycles. The summed E-state index contributed by atoms with van der Waals surface area (Å²) in [5.74, 6) is 0.182. The van der Waals surface area contributed by atoms with E-state index in [9.17, 15) is 9.18 Å². The Balaban J connectivity index is 1.91. The molecule has 5 heteroatoms. The number of carbonyl (C=O) groups excluding carboxylic acids is 1. The van der Waals surface area contributed by atoms with Crippen LogP contribution < -0.4 is 5.32 Å². The van der Waals surface area contributed by atoms with Gasteiger partial charge in [-0.3, -0.25) is 4.79 Å². The third-order valence-corrected chi connectivity index (χ3v) is 4.03. The summed E-state index contributed by atoms with van der Waals surface area (Å²) >= 11 is 0. The second-order valence-electron chi connectivity index (χ2n) is 7.21. The zero-order valence-electron chi connectivity index (χ0n) is 15.2. The molecule has 0 aliphatic heterocycles. The van der Waals surface area contributed by atoms with Crippen LogP contribution in [0.15, 0.2) is 60.8 Å². The van der Waals surface area contributed by atoms with Gasteiger partial charge in [-0.25, -0.2) is 9.07 Å². The van der Waals surface area contributed by atoms with Crippen molar-refractivity contribution in [1.82, 2.24) is 9.78 Å². The van der Waals surface area contributed by atoms with Crippen molar-refractivity contribution < 1.29 is 9.18 Å². The first-order chi connectivity index (χ1) is 12.3. The lowest BCUT2D eigenvalue weighted by Crippen LogP contribution is -2.27. The number of rotatable bonds is 4. The van der Waals surface area contributed by atoms with Gasteiger partial charge in [0.15, 0.2) is 0 Å². The summed E-state index contributed by atoms with van der Waals surface area (Å²) in [5, 5.41) is 7.48. The molecule has 3 aromatic rings. The number of hydrogen-bond donors (Lipinski definition) is 1. The van der Waals surface area contributed by atoms with Gasteiger partial charge in [-0.15, -0.1) is 0 Å². The topological polar surface area (TPSA) is 46.9 Å². The third kappa shape index (κ3) is 3.99. The van der Waals surface area contributed by atoms with E-state index in [-0.39, 0.29) is 23.7 Å². The van der Waals surface area contributed by atoms with E-state index < -0.39 is 0 Å². The zero-order valence-corrected chi connectivity index (χ0v) is 15.2. The fourth-order valence-electron chi connectivity index (χ4n) is 2.77. The highest BCUT2D eigenvalue weighted by molar-refractivity contribution is 5.95. The molecule has 0 spiro atoms. The van der Waals surface area contributed by atoms with Crippen LogP contribution in [0.1, 0.15) is 26.3 Å². The first-order valence-electron chi connectivity index (χ1n) is 8.53. The van der Waals surface area contributed by atoms with Gasteiger partial charge in [-0.1, -0.05) is 42.5 Å². The van der Waals surface area contributed by atoms with Crippen LogP contribution in [0.25, 0.3) is 11.1 Å². The maximum absolute atomic E-state index is 13.0. The fraction of sp³-hybridized carbons (Fsp3) is 0.238. The molecule has 0 radical (unpaired) electrons. The number of nitrogens with zero attached hydrogens (tertiary/aromatic N) is 2. The maximum atomic E-state index is 13.0. The Morgan fingerprint density at radius 2 is 1.73 bits per heavy atom. The van der Waals surface area contributed by atoms with Crippen molar-refractivity contribution in [2.24, 2.45) is 0 Å². The number of hydrogen-bond acceptors (Lipinski definition) is 2. The quantitative estimate of drug-likeness (QED) is 0.745. The minimum Gasteiger partial charge on any atom is -0.310 e. The SMILES string of the molecule is CC(C)(C)n1ncc(-c2ccccc2)c1NC(=O)Cc1ccc(F)cc1. The van der Waals surface area contributed by atoms with Gasteiger partial charge >= 0.3 is 0 Å². The minimum absolute atomic E-state index is 0.167. The Labute approximate surface area is 152 Å². The molecule has 2 aromatic carbocycles. The van der Waals surface area contributed by atoms with Gasteiger partial charge in [0, 0.05) is 5.56 Å². The molecule has 0 aliphatic rings. The highest BCUT2D eigenvalue weighted by atomic mass is 19.1. The average Bonchev–Trinajstić information content (AvgIpc) is 3.01. The molecule has 1 heterocycles. The summed E-state index contributed by atoms with van der Waals surface area (Å²) in [6.07, 6.45) is 1.94. The Bertz CT molecular complexity index is 893. The molecule has 3 rings (SSSR count). The second-order valence-corrected chi connectivity index (χ2v) is 7.21. The van der Waals surface area contributed by atoms with Gasteiger partial charge < -0.3 is 5.32 Å². The summed E-state index contributed by atoms with van der Waals surface area (Å²) < 4.78 is 14.9. The van der Waals surface area contributed by atoms with Gasteiger partial charge in [0.25, 0.3) is 0 Å². The van der Waals surface area contributed by atoms with E-state index in [0.29, 0.717) is 5.82 Å². The molecule has 0 saturated carbocycles. The molecule has 134 valence electrons. The van der Waals surface area contributed by atoms with Gasteiger partial charge in [0.05, 0.1) is 18.2 Å². The van der Waals surface area contributed by atoms with Crippen LogP contribution >= 0.6 is 0 Å². The van der Waals surface area contributed by atoms with Gasteiger partial charge in [0.2, 0.25) is 5.91 Å². The Hall–Kier alpha value is -2.95. The smallest absolute Gasteiger partial charge is 0.229 e. The first-order valence-corrected chi connectivity index (χ1v) is 8.53. The van der Waals surface area contributed by atoms with Crippen molar-refractivity contribution in [3.05, 3.63) is 72.2 Å². The minimum atomic E-state index is -0.314. The summed E-state index contributed by atoms with van der Waals surface area (Å²) in [7, 11) is 0. The number of carbonyl (C=O) groups is 1. The summed E-state index contributed by atoms with van der Waals surface area (Å²) in [6, 6.07) is 15.8. The number of anilines is 1. The number of amides is 1. The summed E-state index contributed by atoms with van der Waals surface area (Å²) in [4.78, 5) is 12.6. The van der Waals surface area contributed by atoms with E-state index in [1.165, 1.54) is 12.1 Å². The number of halogens is 1. The third-order valence-electron chi connectivity index (χ3n) is 4.03. The molecule has 0 unspecified atom stereocenters. The van der Waals surface area contributed by atoms with E-state index in [0.717, 1.165) is 16.7 Å². The standard InChI is InChI=1S/C21H22FN3O/c1-21(2,3)25-20(18(14-23-25)16-7-5-4-6-8-16)24-19(26)13-15-9-11-17(22)12-10-15/h4-12,14H,13H2,1-3H3,(H,24,26). The molecule has 1 amide bonds. The molecule has 26 heavy (non-hydrogen) atoms. The Morgan fingerprint density at radius 3 is 2.35 bits per heavy atom. The highest BCUT2D eigenvalue weighted by Crippen LogP contribution is 2.31. The molecule has 0 aliphatic carbocycles. The maximum Gasteiger partial charge on any atom is 0.229 e. The van der Waals surface area contributed by atoms with E-state index in [4.69, 9.17) is 0 Å². The molecular formula is C21H22FN3O. The van der Waals surface area contributed by atoms with Crippen LogP contribution in [0, 0.1) is 5.82 Å². The van der Waals surface area contributed by atoms with Crippen molar-refractivity contribution >= 4 is 11.7 Å². The first kappa shape index (κ1) is 17.9. The molecule has 4 nitrogen and oxygen atoms in total. The molecule has 0 bridgehead atoms. The van der Waals surface area contributed by atoms with E-state index in [2.05, 4.69) is 10.4 Å². The van der Waals surface area contributed by atoms with E-state index in [1.807, 2.05) is 55.8 Å². The monoisotopic (exact) mass is 351 g/mol. The number of nitrogens with one attached hydrogen (secondary N) is 1. The van der Waals surface area contributed by atoms with Crippen molar-refractivity contribution in [3.63, 3.8) is 0 Å². The van der Waals surface area contributed by atoms with E-state index in [1.54, 1.807) is 18.3 Å². The van der Waals surface area contributed by atoms with Gasteiger partial charge in [0.1, 0.15) is 11.6 Å². The Morgan fingerprint density at radius 1 is 1.08 bits per heavy atom. The lowest BCUT2D eigenvalue weighted by Gasteiger charge is -2.23. The van der Waals surface area contributed by atoms with Crippen LogP contribution in [-0.2, 0) is 16.8 Å². The van der Waals surface area contributed by atoms with Crippen molar-refractivity contribution in [2.75, 3.05) is 5.32 Å².